The van der Waals surface area contributed by atoms with E-state index >= 15 is 0 Å². The smallest absolute Gasteiger partial charge is 0.0872 e. The molecule has 0 aromatic heterocycles. The first kappa shape index (κ1) is 10.5. The minimum absolute atomic E-state index is 0.687. The van der Waals surface area contributed by atoms with Gasteiger partial charge in [0, 0.05) is 25.3 Å². The SMILES string of the molecule is C=C(C)NOCCN1CCOCC1. The lowest BCUT2D eigenvalue weighted by atomic mass is 10.4. The Labute approximate surface area is 79.5 Å². The van der Waals surface area contributed by atoms with E-state index in [4.69, 9.17) is 9.57 Å². The molecule has 0 bridgehead atoms. The number of nitrogens with zero attached hydrogens (tertiary/aromatic N) is 1. The Bertz CT molecular complexity index is 156. The van der Waals surface area contributed by atoms with Crippen LogP contribution in [0.1, 0.15) is 6.92 Å². The summed E-state index contributed by atoms with van der Waals surface area (Å²) in [5.41, 5.74) is 3.57. The number of ether oxygens (including phenoxy) is 1. The summed E-state index contributed by atoms with van der Waals surface area (Å²) in [4.78, 5) is 7.49. The fraction of sp³-hybridized carbons (Fsp3) is 0.778. The third kappa shape index (κ3) is 4.87. The molecular weight excluding hydrogens is 168 g/mol. The van der Waals surface area contributed by atoms with E-state index in [9.17, 15) is 0 Å². The molecule has 1 aliphatic rings. The molecule has 4 nitrogen and oxygen atoms in total. The molecule has 1 heterocycles. The summed E-state index contributed by atoms with van der Waals surface area (Å²) in [5.74, 6) is 0. The molecule has 1 fully saturated rings. The minimum atomic E-state index is 0.687. The number of nitrogens with one attached hydrogen (secondary N) is 1. The number of allylic oxidation sites excluding steroid dienone is 1. The molecule has 1 aliphatic heterocycles. The summed E-state index contributed by atoms with van der Waals surface area (Å²) in [6.45, 7) is 10.9. The summed E-state index contributed by atoms with van der Waals surface area (Å²) in [6.07, 6.45) is 0. The van der Waals surface area contributed by atoms with Gasteiger partial charge in [0.05, 0.1) is 19.8 Å². The highest BCUT2D eigenvalue weighted by molar-refractivity contribution is 4.79. The molecule has 76 valence electrons. The van der Waals surface area contributed by atoms with Crippen LogP contribution in [0.4, 0.5) is 0 Å². The van der Waals surface area contributed by atoms with Crippen LogP contribution in [0.2, 0.25) is 0 Å². The van der Waals surface area contributed by atoms with E-state index in [0.29, 0.717) is 6.61 Å². The second kappa shape index (κ2) is 5.96. The van der Waals surface area contributed by atoms with Gasteiger partial charge in [-0.1, -0.05) is 6.58 Å². The summed E-state index contributed by atoms with van der Waals surface area (Å²) in [6, 6.07) is 0. The molecule has 13 heavy (non-hydrogen) atoms. The third-order valence-electron chi connectivity index (χ3n) is 1.86. The molecule has 1 saturated heterocycles. The van der Waals surface area contributed by atoms with Crippen LogP contribution in [-0.2, 0) is 9.57 Å². The molecule has 0 spiro atoms. The second-order valence-electron chi connectivity index (χ2n) is 3.18. The average molecular weight is 186 g/mol. The Hall–Kier alpha value is -0.580. The highest BCUT2D eigenvalue weighted by Gasteiger charge is 2.08. The summed E-state index contributed by atoms with van der Waals surface area (Å²) < 4.78 is 5.23. The molecule has 0 amide bonds. The maximum Gasteiger partial charge on any atom is 0.0872 e. The minimum Gasteiger partial charge on any atom is -0.379 e. The zero-order chi connectivity index (χ0) is 9.52. The maximum atomic E-state index is 5.23. The lowest BCUT2D eigenvalue weighted by Gasteiger charge is -2.26. The maximum absolute atomic E-state index is 5.23. The van der Waals surface area contributed by atoms with Crippen molar-refractivity contribution in [1.29, 1.82) is 0 Å². The van der Waals surface area contributed by atoms with Crippen LogP contribution in [0, 0.1) is 0 Å². The van der Waals surface area contributed by atoms with Crippen LogP contribution >= 0.6 is 0 Å². The van der Waals surface area contributed by atoms with Crippen molar-refractivity contribution in [2.45, 2.75) is 6.92 Å². The first-order valence-electron chi connectivity index (χ1n) is 4.62. The van der Waals surface area contributed by atoms with E-state index in [0.717, 1.165) is 38.5 Å². The van der Waals surface area contributed by atoms with Crippen molar-refractivity contribution in [3.63, 3.8) is 0 Å². The van der Waals surface area contributed by atoms with E-state index in [1.54, 1.807) is 0 Å². The Morgan fingerprint density at radius 1 is 1.54 bits per heavy atom. The van der Waals surface area contributed by atoms with Gasteiger partial charge in [0.2, 0.25) is 0 Å². The fourth-order valence-corrected chi connectivity index (χ4v) is 1.17. The molecule has 0 aromatic carbocycles. The van der Waals surface area contributed by atoms with Crippen LogP contribution in [0.5, 0.6) is 0 Å². The van der Waals surface area contributed by atoms with E-state index in [1.165, 1.54) is 0 Å². The molecule has 0 atom stereocenters. The number of hydrogen-bond acceptors (Lipinski definition) is 4. The van der Waals surface area contributed by atoms with Crippen LogP contribution < -0.4 is 5.48 Å². The van der Waals surface area contributed by atoms with Gasteiger partial charge < -0.3 is 4.74 Å². The molecular formula is C9H18N2O2. The predicted molar refractivity (Wildman–Crippen MR) is 51.2 cm³/mol. The van der Waals surface area contributed by atoms with Crippen LogP contribution in [0.3, 0.4) is 0 Å². The van der Waals surface area contributed by atoms with Crippen molar-refractivity contribution in [3.8, 4) is 0 Å². The van der Waals surface area contributed by atoms with Crippen molar-refractivity contribution < 1.29 is 9.57 Å². The van der Waals surface area contributed by atoms with Gasteiger partial charge in [-0.2, -0.15) is 0 Å². The molecule has 1 rings (SSSR count). The van der Waals surface area contributed by atoms with Gasteiger partial charge in [0.15, 0.2) is 0 Å². The molecule has 0 unspecified atom stereocenters. The van der Waals surface area contributed by atoms with E-state index in [1.807, 2.05) is 6.92 Å². The van der Waals surface area contributed by atoms with Crippen molar-refractivity contribution >= 4 is 0 Å². The van der Waals surface area contributed by atoms with Gasteiger partial charge in [0.1, 0.15) is 0 Å². The van der Waals surface area contributed by atoms with Gasteiger partial charge in [-0.05, 0) is 6.92 Å². The van der Waals surface area contributed by atoms with Gasteiger partial charge in [-0.15, -0.1) is 0 Å². The molecule has 4 heteroatoms. The van der Waals surface area contributed by atoms with Crippen LogP contribution in [-0.4, -0.2) is 44.4 Å². The highest BCUT2D eigenvalue weighted by atomic mass is 16.6. The summed E-state index contributed by atoms with van der Waals surface area (Å²) in [7, 11) is 0. The normalized spacial score (nSPS) is 18.5. The fourth-order valence-electron chi connectivity index (χ4n) is 1.17. The van der Waals surface area contributed by atoms with Gasteiger partial charge in [-0.3, -0.25) is 15.2 Å². The van der Waals surface area contributed by atoms with Gasteiger partial charge in [-0.25, -0.2) is 0 Å². The Morgan fingerprint density at radius 2 is 2.23 bits per heavy atom. The van der Waals surface area contributed by atoms with Crippen molar-refractivity contribution in [2.24, 2.45) is 0 Å². The molecule has 0 aromatic rings. The average Bonchev–Trinajstić information content (AvgIpc) is 2.14. The number of hydroxylamine groups is 1. The summed E-state index contributed by atoms with van der Waals surface area (Å²) in [5, 5.41) is 0. The van der Waals surface area contributed by atoms with Gasteiger partial charge >= 0.3 is 0 Å². The number of hydrogen-bond donors (Lipinski definition) is 1. The van der Waals surface area contributed by atoms with Crippen LogP contribution in [0.15, 0.2) is 12.3 Å². The molecule has 0 saturated carbocycles. The second-order valence-corrected chi connectivity index (χ2v) is 3.18. The topological polar surface area (TPSA) is 33.7 Å². The zero-order valence-electron chi connectivity index (χ0n) is 8.21. The van der Waals surface area contributed by atoms with E-state index in [2.05, 4.69) is 17.0 Å². The van der Waals surface area contributed by atoms with Crippen molar-refractivity contribution in [2.75, 3.05) is 39.5 Å². The van der Waals surface area contributed by atoms with Gasteiger partial charge in [0.25, 0.3) is 0 Å². The Kier molecular flexibility index (Phi) is 4.82. The predicted octanol–water partition coefficient (Wildman–Crippen LogP) is 0.373. The highest BCUT2D eigenvalue weighted by Crippen LogP contribution is 1.95. The lowest BCUT2D eigenvalue weighted by molar-refractivity contribution is 0.00396. The first-order valence-corrected chi connectivity index (χ1v) is 4.62. The van der Waals surface area contributed by atoms with Crippen LogP contribution in [0.25, 0.3) is 0 Å². The third-order valence-corrected chi connectivity index (χ3v) is 1.86. The molecule has 0 radical (unpaired) electrons. The Balaban J connectivity index is 1.95. The standard InChI is InChI=1S/C9H18N2O2/c1-9(2)10-13-8-5-11-3-6-12-7-4-11/h10H,1,3-8H2,2H3. The largest absolute Gasteiger partial charge is 0.379 e. The molecule has 0 aliphatic carbocycles. The monoisotopic (exact) mass is 186 g/mol. The first-order chi connectivity index (χ1) is 6.29. The zero-order valence-corrected chi connectivity index (χ0v) is 8.21. The van der Waals surface area contributed by atoms with E-state index in [-0.39, 0.29) is 0 Å². The number of rotatable bonds is 5. The van der Waals surface area contributed by atoms with E-state index < -0.39 is 0 Å². The summed E-state index contributed by atoms with van der Waals surface area (Å²) >= 11 is 0. The molecule has 1 N–H and O–H groups in total. The number of morpholine rings is 1. The Morgan fingerprint density at radius 3 is 2.85 bits per heavy atom. The quantitative estimate of drug-likeness (QED) is 0.497. The van der Waals surface area contributed by atoms with Crippen molar-refractivity contribution in [1.82, 2.24) is 10.4 Å². The lowest BCUT2D eigenvalue weighted by Crippen LogP contribution is -2.38. The van der Waals surface area contributed by atoms with Crippen molar-refractivity contribution in [3.05, 3.63) is 12.3 Å².